The van der Waals surface area contributed by atoms with Gasteiger partial charge in [-0.25, -0.2) is 8.78 Å². The van der Waals surface area contributed by atoms with Gasteiger partial charge in [-0.15, -0.1) is 0 Å². The zero-order valence-electron chi connectivity index (χ0n) is 12.5. The minimum atomic E-state index is -0.963. The third-order valence-electron chi connectivity index (χ3n) is 3.30. The summed E-state index contributed by atoms with van der Waals surface area (Å²) >= 11 is 1.24. The molecule has 0 unspecified atom stereocenters. The van der Waals surface area contributed by atoms with Crippen molar-refractivity contribution in [1.82, 2.24) is 14.7 Å². The first-order valence-electron chi connectivity index (χ1n) is 7.05. The largest absolute Gasteiger partial charge is 0.372 e. The van der Waals surface area contributed by atoms with E-state index in [0.717, 1.165) is 18.2 Å². The summed E-state index contributed by atoms with van der Waals surface area (Å²) in [7, 11) is 0. The molecule has 0 spiro atoms. The summed E-state index contributed by atoms with van der Waals surface area (Å²) in [6.45, 7) is 0.0857. The van der Waals surface area contributed by atoms with E-state index in [9.17, 15) is 23.7 Å². The molecule has 0 saturated heterocycles. The smallest absolute Gasteiger partial charge is 0.361 e. The summed E-state index contributed by atoms with van der Waals surface area (Å²) in [6, 6.07) is 3.13. The van der Waals surface area contributed by atoms with Crippen molar-refractivity contribution >= 4 is 33.8 Å². The van der Waals surface area contributed by atoms with Crippen LogP contribution in [0.3, 0.4) is 0 Å². The van der Waals surface area contributed by atoms with E-state index in [0.29, 0.717) is 4.96 Å². The third-order valence-corrected chi connectivity index (χ3v) is 4.06. The molecule has 0 fully saturated rings. The molecular formula is C14H11F2N5O3S. The van der Waals surface area contributed by atoms with E-state index in [1.54, 1.807) is 5.38 Å². The third kappa shape index (κ3) is 3.26. The van der Waals surface area contributed by atoms with Crippen molar-refractivity contribution in [3.8, 4) is 0 Å². The SMILES string of the molecule is O=C(NCCNc1nc2sccn2c1[N+](=O)[O-])c1c(F)cccc1F. The molecule has 11 heteroatoms. The van der Waals surface area contributed by atoms with Gasteiger partial charge in [0.05, 0.1) is 0 Å². The number of hydrogen-bond acceptors (Lipinski definition) is 6. The van der Waals surface area contributed by atoms with Crippen LogP contribution in [-0.4, -0.2) is 33.3 Å². The van der Waals surface area contributed by atoms with E-state index in [-0.39, 0.29) is 24.7 Å². The fourth-order valence-corrected chi connectivity index (χ4v) is 2.94. The number of nitro groups is 1. The van der Waals surface area contributed by atoms with Crippen molar-refractivity contribution in [2.24, 2.45) is 0 Å². The Hall–Kier alpha value is -3.08. The molecule has 1 amide bonds. The molecule has 0 radical (unpaired) electrons. The molecule has 2 aromatic heterocycles. The summed E-state index contributed by atoms with van der Waals surface area (Å²) in [5, 5.41) is 17.9. The van der Waals surface area contributed by atoms with Crippen molar-refractivity contribution in [3.63, 3.8) is 0 Å². The number of anilines is 1. The fraction of sp³-hybridized carbons (Fsp3) is 0.143. The van der Waals surface area contributed by atoms with Crippen LogP contribution in [-0.2, 0) is 0 Å². The molecule has 3 rings (SSSR count). The maximum absolute atomic E-state index is 13.5. The summed E-state index contributed by atoms with van der Waals surface area (Å²) in [4.78, 5) is 27.0. The highest BCUT2D eigenvalue weighted by molar-refractivity contribution is 7.15. The topological polar surface area (TPSA) is 102 Å². The summed E-state index contributed by atoms with van der Waals surface area (Å²) in [5.74, 6) is -2.99. The van der Waals surface area contributed by atoms with Gasteiger partial charge in [0, 0.05) is 18.5 Å². The average Bonchev–Trinajstić information content (AvgIpc) is 3.11. The lowest BCUT2D eigenvalue weighted by Gasteiger charge is -2.07. The summed E-state index contributed by atoms with van der Waals surface area (Å²) < 4.78 is 28.3. The zero-order chi connectivity index (χ0) is 18.0. The number of hydrogen-bond donors (Lipinski definition) is 2. The standard InChI is InChI=1S/C14H11F2N5O3S/c15-8-2-1-3-9(16)10(8)12(22)18-5-4-17-11-13(21(23)24)20-6-7-25-14(20)19-11/h1-3,6-7,17H,4-5H2,(H,18,22). The van der Waals surface area contributed by atoms with Crippen molar-refractivity contribution in [2.45, 2.75) is 0 Å². The van der Waals surface area contributed by atoms with E-state index in [1.807, 2.05) is 0 Å². The lowest BCUT2D eigenvalue weighted by Crippen LogP contribution is -2.30. The monoisotopic (exact) mass is 367 g/mol. The number of imidazole rings is 1. The van der Waals surface area contributed by atoms with Crippen LogP contribution in [0.15, 0.2) is 29.8 Å². The van der Waals surface area contributed by atoms with E-state index in [2.05, 4.69) is 15.6 Å². The Morgan fingerprint density at radius 3 is 2.72 bits per heavy atom. The second kappa shape index (κ2) is 6.81. The first-order valence-corrected chi connectivity index (χ1v) is 7.93. The number of nitrogens with one attached hydrogen (secondary N) is 2. The molecule has 0 aliphatic carbocycles. The van der Waals surface area contributed by atoms with E-state index >= 15 is 0 Å². The molecule has 2 N–H and O–H groups in total. The minimum absolute atomic E-state index is 0.00502. The number of aromatic nitrogens is 2. The molecule has 0 bridgehead atoms. The second-order valence-corrected chi connectivity index (χ2v) is 5.75. The molecule has 0 aliphatic heterocycles. The van der Waals surface area contributed by atoms with Gasteiger partial charge in [-0.05, 0) is 17.1 Å². The molecule has 0 saturated carbocycles. The number of benzene rings is 1. The Labute approximate surface area is 143 Å². The van der Waals surface area contributed by atoms with Crippen LogP contribution in [0.25, 0.3) is 4.96 Å². The van der Waals surface area contributed by atoms with Crippen LogP contribution in [0.2, 0.25) is 0 Å². The number of nitrogens with zero attached hydrogens (tertiary/aromatic N) is 3. The summed E-state index contributed by atoms with van der Waals surface area (Å²) in [6.07, 6.45) is 1.53. The molecule has 25 heavy (non-hydrogen) atoms. The highest BCUT2D eigenvalue weighted by Gasteiger charge is 2.23. The Morgan fingerprint density at radius 2 is 2.04 bits per heavy atom. The molecule has 0 atom stereocenters. The first-order chi connectivity index (χ1) is 12.0. The molecule has 2 heterocycles. The average molecular weight is 367 g/mol. The van der Waals surface area contributed by atoms with Crippen LogP contribution in [0.1, 0.15) is 10.4 Å². The predicted molar refractivity (Wildman–Crippen MR) is 86.9 cm³/mol. The Kier molecular flexibility index (Phi) is 4.57. The van der Waals surface area contributed by atoms with Crippen LogP contribution in [0, 0.1) is 21.7 Å². The number of halogens is 2. The second-order valence-electron chi connectivity index (χ2n) is 4.88. The Morgan fingerprint density at radius 1 is 1.32 bits per heavy atom. The Balaban J connectivity index is 1.62. The number of fused-ring (bicyclic) bond motifs is 1. The quantitative estimate of drug-likeness (QED) is 0.396. The predicted octanol–water partition coefficient (Wildman–Crippen LogP) is 2.42. The molecule has 1 aromatic carbocycles. The van der Waals surface area contributed by atoms with Crippen molar-refractivity contribution in [3.05, 3.63) is 57.1 Å². The van der Waals surface area contributed by atoms with Gasteiger partial charge in [0.2, 0.25) is 5.82 Å². The molecule has 8 nitrogen and oxygen atoms in total. The van der Waals surface area contributed by atoms with Gasteiger partial charge in [0.1, 0.15) is 23.4 Å². The Bertz CT molecular complexity index is 935. The lowest BCUT2D eigenvalue weighted by atomic mass is 10.2. The molecule has 3 aromatic rings. The zero-order valence-corrected chi connectivity index (χ0v) is 13.3. The van der Waals surface area contributed by atoms with Gasteiger partial charge < -0.3 is 20.7 Å². The lowest BCUT2D eigenvalue weighted by molar-refractivity contribution is -0.389. The maximum Gasteiger partial charge on any atom is 0.372 e. The number of thiazole rings is 1. The normalized spacial score (nSPS) is 10.8. The van der Waals surface area contributed by atoms with E-state index in [1.165, 1.54) is 21.9 Å². The maximum atomic E-state index is 13.5. The highest BCUT2D eigenvalue weighted by Crippen LogP contribution is 2.27. The van der Waals surface area contributed by atoms with Gasteiger partial charge in [0.15, 0.2) is 0 Å². The first kappa shape index (κ1) is 16.8. The number of rotatable bonds is 6. The number of amides is 1. The molecule has 0 aliphatic rings. The van der Waals surface area contributed by atoms with Gasteiger partial charge in [-0.1, -0.05) is 17.4 Å². The van der Waals surface area contributed by atoms with Crippen molar-refractivity contribution in [1.29, 1.82) is 0 Å². The van der Waals surface area contributed by atoms with Crippen molar-refractivity contribution in [2.75, 3.05) is 18.4 Å². The summed E-state index contributed by atoms with van der Waals surface area (Å²) in [5.41, 5.74) is -0.670. The number of carbonyl (C=O) groups excluding carboxylic acids is 1. The number of carbonyl (C=O) groups is 1. The fourth-order valence-electron chi connectivity index (χ4n) is 2.23. The highest BCUT2D eigenvalue weighted by atomic mass is 32.1. The van der Waals surface area contributed by atoms with Crippen LogP contribution >= 0.6 is 11.3 Å². The molecular weight excluding hydrogens is 356 g/mol. The van der Waals surface area contributed by atoms with E-state index < -0.39 is 28.0 Å². The van der Waals surface area contributed by atoms with E-state index in [4.69, 9.17) is 0 Å². The van der Waals surface area contributed by atoms with Gasteiger partial charge in [0.25, 0.3) is 10.9 Å². The molecule has 130 valence electrons. The minimum Gasteiger partial charge on any atom is -0.361 e. The van der Waals surface area contributed by atoms with Crippen LogP contribution in [0.5, 0.6) is 0 Å². The van der Waals surface area contributed by atoms with Crippen LogP contribution < -0.4 is 10.6 Å². The van der Waals surface area contributed by atoms with Crippen LogP contribution in [0.4, 0.5) is 20.4 Å². The van der Waals surface area contributed by atoms with Gasteiger partial charge >= 0.3 is 5.82 Å². The van der Waals surface area contributed by atoms with Gasteiger partial charge in [-0.3, -0.25) is 4.79 Å². The van der Waals surface area contributed by atoms with Gasteiger partial charge in [-0.2, -0.15) is 9.38 Å². The van der Waals surface area contributed by atoms with Crippen molar-refractivity contribution < 1.29 is 18.5 Å².